The number of nitrogens with zero attached hydrogens (tertiary/aromatic N) is 4. The Morgan fingerprint density at radius 3 is 2.42 bits per heavy atom. The number of aryl methyl sites for hydroxylation is 1. The fourth-order valence-electron chi connectivity index (χ4n) is 1.74. The average molecular weight is 286 g/mol. The number of hydrogen-bond acceptors (Lipinski definition) is 7. The molecule has 0 aromatic carbocycles. The Labute approximate surface area is 111 Å². The number of nitro groups is 1. The number of imide groups is 1. The molecule has 0 unspecified atom stereocenters. The molecular weight excluding hydrogens is 278 g/mol. The highest BCUT2D eigenvalue weighted by Crippen LogP contribution is 2.29. The molecule has 0 spiro atoms. The summed E-state index contributed by atoms with van der Waals surface area (Å²) in [7, 11) is 0. The Kier molecular flexibility index (Phi) is 3.30. The van der Waals surface area contributed by atoms with Gasteiger partial charge in [-0.05, 0) is 18.5 Å². The van der Waals surface area contributed by atoms with Crippen molar-refractivity contribution >= 4 is 34.9 Å². The second-order valence-electron chi connectivity index (χ2n) is 3.83. The average Bonchev–Trinajstić information content (AvgIpc) is 2.25. The summed E-state index contributed by atoms with van der Waals surface area (Å²) in [6.45, 7) is 0.986. The van der Waals surface area contributed by atoms with E-state index in [9.17, 15) is 19.7 Å². The molecule has 1 aliphatic heterocycles. The molecule has 0 saturated carbocycles. The highest BCUT2D eigenvalue weighted by molar-refractivity contribution is 6.28. The lowest BCUT2D eigenvalue weighted by Gasteiger charge is -2.26. The maximum Gasteiger partial charge on any atom is 0.332 e. The Morgan fingerprint density at radius 2 is 1.89 bits per heavy atom. The summed E-state index contributed by atoms with van der Waals surface area (Å²) in [5, 5.41) is 12.9. The number of nitrogens with one attached hydrogen (secondary N) is 1. The number of piperazine rings is 1. The summed E-state index contributed by atoms with van der Waals surface area (Å²) in [6, 6.07) is 0. The molecule has 1 fully saturated rings. The molecule has 9 nitrogen and oxygen atoms in total. The van der Waals surface area contributed by atoms with Crippen LogP contribution in [0, 0.1) is 17.0 Å². The Morgan fingerprint density at radius 1 is 1.32 bits per heavy atom. The van der Waals surface area contributed by atoms with E-state index in [1.54, 1.807) is 0 Å². The van der Waals surface area contributed by atoms with Crippen molar-refractivity contribution in [2.45, 2.75) is 6.92 Å². The summed E-state index contributed by atoms with van der Waals surface area (Å²) in [4.78, 5) is 41.6. The molecule has 19 heavy (non-hydrogen) atoms. The second kappa shape index (κ2) is 4.76. The molecule has 1 aliphatic rings. The van der Waals surface area contributed by atoms with Crippen LogP contribution in [0.2, 0.25) is 5.28 Å². The molecule has 2 heterocycles. The smallest absolute Gasteiger partial charge is 0.332 e. The maximum atomic E-state index is 11.3. The number of aromatic nitrogens is 2. The van der Waals surface area contributed by atoms with E-state index in [-0.39, 0.29) is 35.6 Å². The third-order valence-corrected chi connectivity index (χ3v) is 2.61. The minimum Gasteiger partial charge on any atom is -0.332 e. The molecule has 100 valence electrons. The van der Waals surface area contributed by atoms with Crippen molar-refractivity contribution < 1.29 is 14.5 Å². The number of amides is 2. The SMILES string of the molecule is Cc1nc(Cl)nc(N2CC(=O)NC(=O)C2)c1[N+](=O)[O-]. The van der Waals surface area contributed by atoms with Crippen molar-refractivity contribution in [3.63, 3.8) is 0 Å². The maximum absolute atomic E-state index is 11.3. The Bertz CT molecular complexity index is 574. The summed E-state index contributed by atoms with van der Waals surface area (Å²) >= 11 is 5.66. The van der Waals surface area contributed by atoms with E-state index in [0.29, 0.717) is 0 Å². The first-order valence-corrected chi connectivity index (χ1v) is 5.52. The zero-order valence-corrected chi connectivity index (χ0v) is 10.5. The summed E-state index contributed by atoms with van der Waals surface area (Å²) in [5.41, 5.74) is -0.301. The normalized spacial score (nSPS) is 15.4. The number of anilines is 1. The van der Waals surface area contributed by atoms with Crippen LogP contribution < -0.4 is 10.2 Å². The minimum atomic E-state index is -0.669. The van der Waals surface area contributed by atoms with Crippen LogP contribution in [-0.4, -0.2) is 39.8 Å². The minimum absolute atomic E-state index is 0.0680. The summed E-state index contributed by atoms with van der Waals surface area (Å²) < 4.78 is 0. The van der Waals surface area contributed by atoms with Gasteiger partial charge in [-0.25, -0.2) is 4.98 Å². The van der Waals surface area contributed by atoms with Gasteiger partial charge in [0.2, 0.25) is 22.9 Å². The van der Waals surface area contributed by atoms with E-state index in [0.717, 1.165) is 0 Å². The van der Waals surface area contributed by atoms with Gasteiger partial charge in [-0.1, -0.05) is 0 Å². The molecule has 0 bridgehead atoms. The van der Waals surface area contributed by atoms with Gasteiger partial charge in [0.05, 0.1) is 18.0 Å². The van der Waals surface area contributed by atoms with Crippen LogP contribution in [0.3, 0.4) is 0 Å². The van der Waals surface area contributed by atoms with E-state index in [4.69, 9.17) is 11.6 Å². The molecule has 1 aromatic heterocycles. The number of hydrogen-bond donors (Lipinski definition) is 1. The van der Waals surface area contributed by atoms with Crippen LogP contribution in [0.1, 0.15) is 5.69 Å². The molecular formula is C9H8ClN5O4. The van der Waals surface area contributed by atoms with Crippen LogP contribution in [0.25, 0.3) is 0 Å². The quantitative estimate of drug-likeness (QED) is 0.346. The molecule has 10 heteroatoms. The number of rotatable bonds is 2. The second-order valence-corrected chi connectivity index (χ2v) is 4.17. The van der Waals surface area contributed by atoms with Gasteiger partial charge in [0.1, 0.15) is 5.69 Å². The van der Waals surface area contributed by atoms with Crippen molar-refractivity contribution in [2.75, 3.05) is 18.0 Å². The molecule has 2 amide bonds. The first kappa shape index (κ1) is 13.1. The fourth-order valence-corrected chi connectivity index (χ4v) is 1.95. The van der Waals surface area contributed by atoms with Gasteiger partial charge in [0.15, 0.2) is 0 Å². The van der Waals surface area contributed by atoms with Crippen LogP contribution in [0.15, 0.2) is 0 Å². The van der Waals surface area contributed by atoms with Crippen molar-refractivity contribution in [2.24, 2.45) is 0 Å². The number of carbonyl (C=O) groups is 2. The molecule has 0 radical (unpaired) electrons. The van der Waals surface area contributed by atoms with Crippen molar-refractivity contribution in [3.8, 4) is 0 Å². The lowest BCUT2D eigenvalue weighted by molar-refractivity contribution is -0.385. The highest BCUT2D eigenvalue weighted by Gasteiger charge is 2.31. The zero-order valence-electron chi connectivity index (χ0n) is 9.71. The monoisotopic (exact) mass is 285 g/mol. The predicted octanol–water partition coefficient (Wildman–Crippen LogP) is -0.191. The van der Waals surface area contributed by atoms with Crippen molar-refractivity contribution in [1.82, 2.24) is 15.3 Å². The van der Waals surface area contributed by atoms with E-state index in [1.165, 1.54) is 11.8 Å². The molecule has 0 aliphatic carbocycles. The predicted molar refractivity (Wildman–Crippen MR) is 63.8 cm³/mol. The largest absolute Gasteiger partial charge is 0.332 e. The molecule has 1 saturated heterocycles. The number of carbonyl (C=O) groups excluding carboxylic acids is 2. The molecule has 2 rings (SSSR count). The topological polar surface area (TPSA) is 118 Å². The summed E-state index contributed by atoms with van der Waals surface area (Å²) in [5.74, 6) is -1.25. The summed E-state index contributed by atoms with van der Waals surface area (Å²) in [6.07, 6.45) is 0. The van der Waals surface area contributed by atoms with Gasteiger partial charge in [-0.3, -0.25) is 25.0 Å². The van der Waals surface area contributed by atoms with Gasteiger partial charge in [-0.2, -0.15) is 4.98 Å². The van der Waals surface area contributed by atoms with Crippen LogP contribution >= 0.6 is 11.6 Å². The number of halogens is 1. The lowest BCUT2D eigenvalue weighted by atomic mass is 10.3. The lowest BCUT2D eigenvalue weighted by Crippen LogP contribution is -2.52. The Hall–Kier alpha value is -2.29. The van der Waals surface area contributed by atoms with Gasteiger partial charge < -0.3 is 4.90 Å². The third-order valence-electron chi connectivity index (χ3n) is 2.44. The molecule has 1 N–H and O–H groups in total. The highest BCUT2D eigenvalue weighted by atomic mass is 35.5. The van der Waals surface area contributed by atoms with Crippen molar-refractivity contribution in [1.29, 1.82) is 0 Å². The Balaban J connectivity index is 2.51. The van der Waals surface area contributed by atoms with Crippen LogP contribution in [-0.2, 0) is 9.59 Å². The van der Waals surface area contributed by atoms with Gasteiger partial charge in [0, 0.05) is 0 Å². The molecule has 0 atom stereocenters. The molecule has 1 aromatic rings. The first-order valence-electron chi connectivity index (χ1n) is 5.14. The van der Waals surface area contributed by atoms with Gasteiger partial charge >= 0.3 is 5.69 Å². The third kappa shape index (κ3) is 2.60. The van der Waals surface area contributed by atoms with Gasteiger partial charge in [0.25, 0.3) is 0 Å². The standard InChI is InChI=1S/C9H8ClN5O4/c1-4-7(15(18)19)8(13-9(10)11-4)14-2-5(16)12-6(17)3-14/h2-3H2,1H3,(H,12,16,17). The van der Waals surface area contributed by atoms with Crippen LogP contribution in [0.5, 0.6) is 0 Å². The van der Waals surface area contributed by atoms with Crippen LogP contribution in [0.4, 0.5) is 11.5 Å². The van der Waals surface area contributed by atoms with E-state index < -0.39 is 16.7 Å². The fraction of sp³-hybridized carbons (Fsp3) is 0.333. The van der Waals surface area contributed by atoms with E-state index >= 15 is 0 Å². The van der Waals surface area contributed by atoms with Crippen molar-refractivity contribution in [3.05, 3.63) is 21.1 Å². The first-order chi connectivity index (χ1) is 8.88. The van der Waals surface area contributed by atoms with Gasteiger partial charge in [-0.15, -0.1) is 0 Å². The van der Waals surface area contributed by atoms with E-state index in [1.807, 2.05) is 0 Å². The van der Waals surface area contributed by atoms with E-state index in [2.05, 4.69) is 15.3 Å². The zero-order chi connectivity index (χ0) is 14.2.